The van der Waals surface area contributed by atoms with E-state index >= 15 is 0 Å². The Hall–Kier alpha value is -3.60. The number of hydrogen-bond donors (Lipinski definition) is 1. The van der Waals surface area contributed by atoms with Crippen LogP contribution in [-0.2, 0) is 18.4 Å². The zero-order valence-electron chi connectivity index (χ0n) is 19.2. The Morgan fingerprint density at radius 2 is 1.91 bits per heavy atom. The number of rotatable bonds is 6. The summed E-state index contributed by atoms with van der Waals surface area (Å²) in [4.78, 5) is 30.7. The van der Waals surface area contributed by atoms with Crippen LogP contribution >= 0.6 is 0 Å². The highest BCUT2D eigenvalue weighted by atomic mass is 19.4. The van der Waals surface area contributed by atoms with Crippen molar-refractivity contribution in [2.24, 2.45) is 18.7 Å². The van der Waals surface area contributed by atoms with Gasteiger partial charge in [0.15, 0.2) is 0 Å². The minimum absolute atomic E-state index is 0.0794. The standard InChI is InChI=1S/C24H25F3N4O4/c1-14-12-31(19-11-21(32)30(2)18-8-7-17(23(28)33)29-22(18)19)10-9-20(14)34-13-15-3-5-16(6-4-15)35-24(25,26)27/h3-8,11,14,20H,9-10,12-13H2,1-2H3,(H2,28,33). The van der Waals surface area contributed by atoms with Gasteiger partial charge in [-0.1, -0.05) is 19.1 Å². The first-order valence-electron chi connectivity index (χ1n) is 11.0. The smallest absolute Gasteiger partial charge is 0.406 e. The summed E-state index contributed by atoms with van der Waals surface area (Å²) >= 11 is 0. The number of nitrogens with two attached hydrogens (primary N) is 1. The van der Waals surface area contributed by atoms with Crippen LogP contribution in [0.4, 0.5) is 18.9 Å². The molecule has 1 aliphatic rings. The molecular formula is C24H25F3N4O4. The van der Waals surface area contributed by atoms with E-state index in [-0.39, 0.29) is 35.6 Å². The van der Waals surface area contributed by atoms with Crippen LogP contribution in [0.15, 0.2) is 47.3 Å². The molecule has 3 aromatic rings. The van der Waals surface area contributed by atoms with Gasteiger partial charge in [-0.2, -0.15) is 0 Å². The molecule has 0 bridgehead atoms. The highest BCUT2D eigenvalue weighted by molar-refractivity contribution is 5.96. The molecular weight excluding hydrogens is 465 g/mol. The average Bonchev–Trinajstić information content (AvgIpc) is 2.80. The van der Waals surface area contributed by atoms with Crippen LogP contribution in [0.2, 0.25) is 0 Å². The number of aromatic nitrogens is 2. The fraction of sp³-hybridized carbons (Fsp3) is 0.375. The number of pyridine rings is 2. The molecule has 2 N–H and O–H groups in total. The Labute approximate surface area is 199 Å². The minimum Gasteiger partial charge on any atom is -0.406 e. The van der Waals surface area contributed by atoms with Gasteiger partial charge in [0.1, 0.15) is 17.0 Å². The molecule has 2 aromatic heterocycles. The van der Waals surface area contributed by atoms with E-state index in [1.54, 1.807) is 13.1 Å². The Balaban J connectivity index is 1.45. The lowest BCUT2D eigenvalue weighted by Crippen LogP contribution is -2.43. The Morgan fingerprint density at radius 3 is 2.54 bits per heavy atom. The second-order valence-corrected chi connectivity index (χ2v) is 8.61. The molecule has 1 amide bonds. The van der Waals surface area contributed by atoms with Crippen molar-refractivity contribution in [3.63, 3.8) is 0 Å². The quantitative estimate of drug-likeness (QED) is 0.569. The highest BCUT2D eigenvalue weighted by Gasteiger charge is 2.31. The SMILES string of the molecule is CC1CN(c2cc(=O)n(C)c3ccc(C(N)=O)nc23)CCC1OCc1ccc(OC(F)(F)F)cc1. The summed E-state index contributed by atoms with van der Waals surface area (Å²) in [6.07, 6.45) is -4.14. The van der Waals surface area contributed by atoms with Crippen molar-refractivity contribution in [3.8, 4) is 5.75 Å². The van der Waals surface area contributed by atoms with Crippen molar-refractivity contribution in [2.45, 2.75) is 32.4 Å². The van der Waals surface area contributed by atoms with Gasteiger partial charge in [0.05, 0.1) is 23.9 Å². The van der Waals surface area contributed by atoms with Gasteiger partial charge in [-0.05, 0) is 42.2 Å². The molecule has 1 aliphatic heterocycles. The molecule has 0 aliphatic carbocycles. The summed E-state index contributed by atoms with van der Waals surface area (Å²) < 4.78 is 48.4. The van der Waals surface area contributed by atoms with Gasteiger partial charge in [-0.25, -0.2) is 4.98 Å². The molecule has 0 saturated carbocycles. The summed E-state index contributed by atoms with van der Waals surface area (Å²) in [5.74, 6) is -0.836. The molecule has 11 heteroatoms. The van der Waals surface area contributed by atoms with E-state index in [2.05, 4.69) is 14.6 Å². The van der Waals surface area contributed by atoms with Crippen LogP contribution in [0.5, 0.6) is 5.75 Å². The van der Waals surface area contributed by atoms with E-state index < -0.39 is 12.3 Å². The van der Waals surface area contributed by atoms with Gasteiger partial charge < -0.3 is 24.7 Å². The maximum absolute atomic E-state index is 12.5. The number of aryl methyl sites for hydroxylation is 1. The summed E-state index contributed by atoms with van der Waals surface area (Å²) in [7, 11) is 1.64. The molecule has 2 unspecified atom stereocenters. The summed E-state index contributed by atoms with van der Waals surface area (Å²) in [5, 5.41) is 0. The molecule has 3 heterocycles. The number of halogens is 3. The summed E-state index contributed by atoms with van der Waals surface area (Å²) in [5.41, 5.74) is 7.82. The number of anilines is 1. The van der Waals surface area contributed by atoms with Crippen LogP contribution in [0.25, 0.3) is 11.0 Å². The zero-order chi connectivity index (χ0) is 25.3. The van der Waals surface area contributed by atoms with Crippen molar-refractivity contribution in [1.29, 1.82) is 0 Å². The third-order valence-electron chi connectivity index (χ3n) is 6.11. The first-order chi connectivity index (χ1) is 16.5. The predicted octanol–water partition coefficient (Wildman–Crippen LogP) is 3.36. The number of ether oxygens (including phenoxy) is 2. The Bertz CT molecular complexity index is 1290. The number of nitrogens with zero attached hydrogens (tertiary/aromatic N) is 3. The molecule has 1 aromatic carbocycles. The van der Waals surface area contributed by atoms with Gasteiger partial charge >= 0.3 is 6.36 Å². The third kappa shape index (κ3) is 5.56. The summed E-state index contributed by atoms with van der Waals surface area (Å²) in [6.45, 7) is 3.47. The van der Waals surface area contributed by atoms with Crippen molar-refractivity contribution in [3.05, 3.63) is 64.1 Å². The van der Waals surface area contributed by atoms with Crippen molar-refractivity contribution in [2.75, 3.05) is 18.0 Å². The topological polar surface area (TPSA) is 99.7 Å². The number of carbonyl (C=O) groups excluding carboxylic acids is 1. The first-order valence-corrected chi connectivity index (χ1v) is 11.0. The Kier molecular flexibility index (Phi) is 6.70. The van der Waals surface area contributed by atoms with E-state index in [0.717, 1.165) is 5.56 Å². The second kappa shape index (κ2) is 9.57. The molecule has 8 nitrogen and oxygen atoms in total. The van der Waals surface area contributed by atoms with E-state index in [0.29, 0.717) is 36.2 Å². The number of fused-ring (bicyclic) bond motifs is 1. The van der Waals surface area contributed by atoms with Gasteiger partial charge in [-0.15, -0.1) is 13.2 Å². The molecule has 0 spiro atoms. The number of hydrogen-bond acceptors (Lipinski definition) is 6. The minimum atomic E-state index is -4.73. The van der Waals surface area contributed by atoms with Crippen molar-refractivity contribution < 1.29 is 27.4 Å². The lowest BCUT2D eigenvalue weighted by molar-refractivity contribution is -0.274. The molecule has 35 heavy (non-hydrogen) atoms. The maximum Gasteiger partial charge on any atom is 0.573 e. The monoisotopic (exact) mass is 490 g/mol. The molecule has 2 atom stereocenters. The van der Waals surface area contributed by atoms with E-state index in [1.165, 1.54) is 41.0 Å². The van der Waals surface area contributed by atoms with E-state index in [4.69, 9.17) is 10.5 Å². The third-order valence-corrected chi connectivity index (χ3v) is 6.11. The number of amides is 1. The van der Waals surface area contributed by atoms with E-state index in [9.17, 15) is 22.8 Å². The van der Waals surface area contributed by atoms with Crippen molar-refractivity contribution >= 4 is 22.6 Å². The lowest BCUT2D eigenvalue weighted by atomic mass is 9.95. The molecule has 1 saturated heterocycles. The van der Waals surface area contributed by atoms with Crippen LogP contribution in [-0.4, -0.2) is 41.0 Å². The molecule has 0 radical (unpaired) electrons. The number of carbonyl (C=O) groups is 1. The van der Waals surface area contributed by atoms with Gasteiger partial charge in [0.25, 0.3) is 11.5 Å². The van der Waals surface area contributed by atoms with E-state index in [1.807, 2.05) is 6.92 Å². The largest absolute Gasteiger partial charge is 0.573 e. The van der Waals surface area contributed by atoms with Crippen LogP contribution in [0.3, 0.4) is 0 Å². The number of primary amides is 1. The fourth-order valence-electron chi connectivity index (χ4n) is 4.27. The van der Waals surface area contributed by atoms with Crippen molar-refractivity contribution in [1.82, 2.24) is 9.55 Å². The highest BCUT2D eigenvalue weighted by Crippen LogP contribution is 2.30. The zero-order valence-corrected chi connectivity index (χ0v) is 19.2. The molecule has 4 rings (SSSR count). The number of benzene rings is 1. The Morgan fingerprint density at radius 1 is 1.20 bits per heavy atom. The normalized spacial score (nSPS) is 18.6. The van der Waals surface area contributed by atoms with Gasteiger partial charge in [0.2, 0.25) is 0 Å². The van der Waals surface area contributed by atoms with Gasteiger partial charge in [-0.3, -0.25) is 9.59 Å². The van der Waals surface area contributed by atoms with Crippen LogP contribution < -0.4 is 20.9 Å². The fourth-order valence-corrected chi connectivity index (χ4v) is 4.27. The maximum atomic E-state index is 12.5. The molecule has 1 fully saturated rings. The van der Waals surface area contributed by atoms with Crippen LogP contribution in [0.1, 0.15) is 29.4 Å². The molecule has 186 valence electrons. The van der Waals surface area contributed by atoms with Crippen LogP contribution in [0, 0.1) is 5.92 Å². The first kappa shape index (κ1) is 24.5. The predicted molar refractivity (Wildman–Crippen MR) is 123 cm³/mol. The average molecular weight is 490 g/mol. The second-order valence-electron chi connectivity index (χ2n) is 8.61. The lowest BCUT2D eigenvalue weighted by Gasteiger charge is -2.38. The summed E-state index contributed by atoms with van der Waals surface area (Å²) in [6, 6.07) is 10.3. The number of piperidine rings is 1. The van der Waals surface area contributed by atoms with Gasteiger partial charge in [0, 0.05) is 26.2 Å². The number of alkyl halides is 3.